The van der Waals surface area contributed by atoms with Crippen molar-refractivity contribution < 1.29 is 0 Å². The molecule has 0 amide bonds. The summed E-state index contributed by atoms with van der Waals surface area (Å²) in [6, 6.07) is 0. The molecule has 1 aromatic rings. The van der Waals surface area contributed by atoms with Crippen molar-refractivity contribution >= 4 is 5.71 Å². The molecule has 19 heavy (non-hydrogen) atoms. The number of rotatable bonds is 0. The fourth-order valence-electron chi connectivity index (χ4n) is 0.962. The Hall–Kier alpha value is -1.19. The van der Waals surface area contributed by atoms with Crippen molar-refractivity contribution in [2.24, 2.45) is 12.5 Å². The zero-order chi connectivity index (χ0) is 15.9. The largest absolute Gasteiger partial charge is 0.320 e. The molecule has 0 saturated heterocycles. The van der Waals surface area contributed by atoms with Crippen LogP contribution in [0, 0.1) is 10.8 Å². The third kappa shape index (κ3) is 8.51. The number of nitrogens with zero attached hydrogens (tertiary/aromatic N) is 3. The molecule has 0 aliphatic carbocycles. The first-order valence-electron chi connectivity index (χ1n) is 6.86. The van der Waals surface area contributed by atoms with Crippen molar-refractivity contribution in [1.29, 1.82) is 5.41 Å². The van der Waals surface area contributed by atoms with E-state index in [2.05, 4.69) is 31.0 Å². The molecule has 0 spiro atoms. The minimum atomic E-state index is 0.0833. The summed E-state index contributed by atoms with van der Waals surface area (Å²) in [6.07, 6.45) is 1.72. The van der Waals surface area contributed by atoms with Crippen LogP contribution in [0.3, 0.4) is 0 Å². The van der Waals surface area contributed by atoms with Crippen LogP contribution in [0.2, 0.25) is 0 Å². The van der Waals surface area contributed by atoms with Gasteiger partial charge in [-0.15, -0.1) is 10.2 Å². The van der Waals surface area contributed by atoms with Crippen molar-refractivity contribution in [3.63, 3.8) is 0 Å². The first-order chi connectivity index (χ1) is 8.46. The monoisotopic (exact) mass is 268 g/mol. The van der Waals surface area contributed by atoms with Crippen molar-refractivity contribution in [2.45, 2.75) is 67.7 Å². The molecule has 0 bridgehead atoms. The smallest absolute Gasteiger partial charge is 0.137 e. The summed E-state index contributed by atoms with van der Waals surface area (Å²) in [5.74, 6) is 1.02. The molecule has 0 atom stereocenters. The fourth-order valence-corrected chi connectivity index (χ4v) is 0.962. The Kier molecular flexibility index (Phi) is 8.56. The van der Waals surface area contributed by atoms with E-state index < -0.39 is 0 Å². The Morgan fingerprint density at radius 1 is 1.11 bits per heavy atom. The lowest BCUT2D eigenvalue weighted by atomic mass is 9.91. The molecule has 4 nitrogen and oxygen atoms in total. The van der Waals surface area contributed by atoms with Crippen molar-refractivity contribution in [2.75, 3.05) is 0 Å². The van der Waals surface area contributed by atoms with E-state index in [0.29, 0.717) is 0 Å². The van der Waals surface area contributed by atoms with Gasteiger partial charge in [-0.1, -0.05) is 55.4 Å². The van der Waals surface area contributed by atoms with Gasteiger partial charge in [0.25, 0.3) is 0 Å². The summed E-state index contributed by atoms with van der Waals surface area (Å²) in [6.45, 7) is 18.3. The second-order valence-corrected chi connectivity index (χ2v) is 6.39. The van der Waals surface area contributed by atoms with Crippen LogP contribution in [0.25, 0.3) is 0 Å². The predicted molar refractivity (Wildman–Crippen MR) is 83.9 cm³/mol. The van der Waals surface area contributed by atoms with E-state index in [1.54, 1.807) is 6.33 Å². The third-order valence-electron chi connectivity index (χ3n) is 2.51. The summed E-state index contributed by atoms with van der Waals surface area (Å²) < 4.78 is 1.94. The Balaban J connectivity index is 0. The second-order valence-electron chi connectivity index (χ2n) is 6.39. The van der Waals surface area contributed by atoms with Crippen molar-refractivity contribution in [3.8, 4) is 0 Å². The maximum atomic E-state index is 7.15. The van der Waals surface area contributed by atoms with Gasteiger partial charge in [-0.05, 0) is 12.3 Å². The molecule has 1 N–H and O–H groups in total. The number of aryl methyl sites for hydroxylation is 1. The SMILES string of the molecule is CC.CC(=N)C(C)(C)C.Cn1cnnc1C(C)(C)C. The lowest BCUT2D eigenvalue weighted by molar-refractivity contribution is 0.520. The van der Waals surface area contributed by atoms with Crippen LogP contribution in [0.5, 0.6) is 0 Å². The highest BCUT2D eigenvalue weighted by Gasteiger charge is 2.18. The Bertz CT molecular complexity index is 364. The van der Waals surface area contributed by atoms with Gasteiger partial charge in [0, 0.05) is 18.2 Å². The standard InChI is InChI=1S/C7H13N3.C6H13N.C2H6/c1-7(2,3)6-9-8-5-10(6)4;1-5(7)6(2,3)4;1-2/h5H,1-4H3;7H,1-4H3;1-2H3. The molecule has 0 saturated carbocycles. The summed E-state index contributed by atoms with van der Waals surface area (Å²) >= 11 is 0. The second kappa shape index (κ2) is 8.08. The van der Waals surface area contributed by atoms with E-state index in [4.69, 9.17) is 5.41 Å². The normalized spacial score (nSPS) is 10.8. The van der Waals surface area contributed by atoms with Gasteiger partial charge in [0.15, 0.2) is 0 Å². The Labute approximate surface area is 119 Å². The van der Waals surface area contributed by atoms with E-state index >= 15 is 0 Å². The lowest BCUT2D eigenvalue weighted by Gasteiger charge is -2.15. The minimum absolute atomic E-state index is 0.0833. The van der Waals surface area contributed by atoms with Crippen LogP contribution in [0.1, 0.15) is 68.1 Å². The van der Waals surface area contributed by atoms with Crippen LogP contribution in [0.15, 0.2) is 6.33 Å². The van der Waals surface area contributed by atoms with E-state index in [1.807, 2.05) is 53.2 Å². The maximum Gasteiger partial charge on any atom is 0.137 e. The maximum absolute atomic E-state index is 7.15. The summed E-state index contributed by atoms with van der Waals surface area (Å²) in [7, 11) is 1.96. The molecular weight excluding hydrogens is 236 g/mol. The van der Waals surface area contributed by atoms with E-state index in [1.165, 1.54) is 0 Å². The first kappa shape index (κ1) is 20.1. The molecule has 1 aromatic heterocycles. The average Bonchev–Trinajstić information content (AvgIpc) is 2.66. The van der Waals surface area contributed by atoms with E-state index in [-0.39, 0.29) is 10.8 Å². The molecule has 1 rings (SSSR count). The molecule has 0 unspecified atom stereocenters. The highest BCUT2D eigenvalue weighted by Crippen LogP contribution is 2.17. The predicted octanol–water partition coefficient (Wildman–Crippen LogP) is 4.21. The fraction of sp³-hybridized carbons (Fsp3) is 0.800. The van der Waals surface area contributed by atoms with Crippen LogP contribution in [-0.4, -0.2) is 20.5 Å². The molecule has 1 heterocycles. The highest BCUT2D eigenvalue weighted by molar-refractivity contribution is 5.83. The van der Waals surface area contributed by atoms with Gasteiger partial charge < -0.3 is 9.98 Å². The van der Waals surface area contributed by atoms with Gasteiger partial charge in [-0.2, -0.15) is 0 Å². The molecule has 0 aliphatic heterocycles. The molecule has 112 valence electrons. The third-order valence-corrected chi connectivity index (χ3v) is 2.51. The number of nitrogens with one attached hydrogen (secondary N) is 1. The molecule has 0 aromatic carbocycles. The molecule has 0 aliphatic rings. The number of hydrogen-bond donors (Lipinski definition) is 1. The van der Waals surface area contributed by atoms with Crippen molar-refractivity contribution in [1.82, 2.24) is 14.8 Å². The Morgan fingerprint density at radius 2 is 1.47 bits per heavy atom. The van der Waals surface area contributed by atoms with E-state index in [9.17, 15) is 0 Å². The molecule has 0 radical (unpaired) electrons. The van der Waals surface area contributed by atoms with Gasteiger partial charge in [-0.3, -0.25) is 0 Å². The van der Waals surface area contributed by atoms with Gasteiger partial charge in [0.1, 0.15) is 12.2 Å². The minimum Gasteiger partial charge on any atom is -0.320 e. The lowest BCUT2D eigenvalue weighted by Crippen LogP contribution is -2.17. The molecule has 0 fully saturated rings. The van der Waals surface area contributed by atoms with Gasteiger partial charge in [0.05, 0.1) is 0 Å². The Morgan fingerprint density at radius 3 is 1.58 bits per heavy atom. The quantitative estimate of drug-likeness (QED) is 0.716. The summed E-state index contributed by atoms with van der Waals surface area (Å²) in [5, 5.41) is 14.9. The topological polar surface area (TPSA) is 54.6 Å². The molecular formula is C15H32N4. The van der Waals surface area contributed by atoms with Gasteiger partial charge in [-0.25, -0.2) is 0 Å². The van der Waals surface area contributed by atoms with Crippen LogP contribution in [-0.2, 0) is 12.5 Å². The van der Waals surface area contributed by atoms with Crippen molar-refractivity contribution in [3.05, 3.63) is 12.2 Å². The van der Waals surface area contributed by atoms with Gasteiger partial charge in [0.2, 0.25) is 0 Å². The zero-order valence-electron chi connectivity index (χ0n) is 14.4. The van der Waals surface area contributed by atoms with Crippen LogP contribution in [0.4, 0.5) is 0 Å². The average molecular weight is 268 g/mol. The zero-order valence-corrected chi connectivity index (χ0v) is 14.4. The number of aromatic nitrogens is 3. The number of hydrogen-bond acceptors (Lipinski definition) is 3. The first-order valence-corrected chi connectivity index (χ1v) is 6.86. The molecule has 4 heteroatoms. The van der Waals surface area contributed by atoms with E-state index in [0.717, 1.165) is 11.5 Å². The van der Waals surface area contributed by atoms with Gasteiger partial charge >= 0.3 is 0 Å². The van der Waals surface area contributed by atoms with Crippen LogP contribution >= 0.6 is 0 Å². The summed E-state index contributed by atoms with van der Waals surface area (Å²) in [5.41, 5.74) is 0.929. The highest BCUT2D eigenvalue weighted by atomic mass is 15.3. The summed E-state index contributed by atoms with van der Waals surface area (Å²) in [4.78, 5) is 0. The van der Waals surface area contributed by atoms with Crippen LogP contribution < -0.4 is 0 Å².